The quantitative estimate of drug-likeness (QED) is 0.787. The Morgan fingerprint density at radius 1 is 1.26 bits per heavy atom. The highest BCUT2D eigenvalue weighted by atomic mass is 79.9. The van der Waals surface area contributed by atoms with Crippen molar-refractivity contribution in [2.45, 2.75) is 6.54 Å². The molecule has 0 radical (unpaired) electrons. The van der Waals surface area contributed by atoms with E-state index in [4.69, 9.17) is 5.73 Å². The average Bonchev–Trinajstić information content (AvgIpc) is 2.75. The molecule has 0 amide bonds. The van der Waals surface area contributed by atoms with Gasteiger partial charge in [-0.1, -0.05) is 15.9 Å². The fraction of sp³-hybridized carbons (Fsp3) is 0.133. The minimum Gasteiger partial charge on any atom is -0.350 e. The molecule has 1 aromatic carbocycles. The fourth-order valence-electron chi connectivity index (χ4n) is 2.32. The first-order valence-electron chi connectivity index (χ1n) is 6.09. The lowest BCUT2D eigenvalue weighted by Crippen LogP contribution is -1.96. The van der Waals surface area contributed by atoms with Crippen LogP contribution in [0.25, 0.3) is 22.2 Å². The summed E-state index contributed by atoms with van der Waals surface area (Å²) >= 11 is 3.53. The Morgan fingerprint density at radius 3 is 2.89 bits per heavy atom. The molecule has 0 saturated carbocycles. The van der Waals surface area contributed by atoms with Crippen molar-refractivity contribution < 1.29 is 0 Å². The first-order valence-corrected chi connectivity index (χ1v) is 6.88. The van der Waals surface area contributed by atoms with Crippen molar-refractivity contribution in [2.24, 2.45) is 12.8 Å². The second-order valence-electron chi connectivity index (χ2n) is 4.57. The van der Waals surface area contributed by atoms with Crippen LogP contribution in [0.1, 0.15) is 5.56 Å². The highest BCUT2D eigenvalue weighted by Crippen LogP contribution is 2.31. The van der Waals surface area contributed by atoms with Crippen LogP contribution in [0.15, 0.2) is 47.2 Å². The third-order valence-electron chi connectivity index (χ3n) is 3.29. The molecule has 0 bridgehead atoms. The lowest BCUT2D eigenvalue weighted by Gasteiger charge is -2.02. The molecule has 3 aromatic rings. The first-order chi connectivity index (χ1) is 9.19. The Kier molecular flexibility index (Phi) is 3.12. The molecule has 0 unspecified atom stereocenters. The zero-order chi connectivity index (χ0) is 13.4. The van der Waals surface area contributed by atoms with Gasteiger partial charge in [-0.15, -0.1) is 0 Å². The van der Waals surface area contributed by atoms with E-state index in [0.717, 1.165) is 21.3 Å². The van der Waals surface area contributed by atoms with E-state index in [1.807, 2.05) is 19.3 Å². The molecular formula is C15H14BrN3. The fourth-order valence-corrected chi connectivity index (χ4v) is 2.68. The molecular weight excluding hydrogens is 302 g/mol. The minimum atomic E-state index is 0.532. The van der Waals surface area contributed by atoms with E-state index < -0.39 is 0 Å². The number of benzene rings is 1. The van der Waals surface area contributed by atoms with Gasteiger partial charge in [-0.2, -0.15) is 0 Å². The Bertz CT molecular complexity index is 746. The van der Waals surface area contributed by atoms with E-state index in [9.17, 15) is 0 Å². The van der Waals surface area contributed by atoms with Crippen molar-refractivity contribution in [3.05, 3.63) is 52.8 Å². The Balaban J connectivity index is 2.26. The minimum absolute atomic E-state index is 0.532. The summed E-state index contributed by atoms with van der Waals surface area (Å²) in [6, 6.07) is 10.3. The van der Waals surface area contributed by atoms with Crippen LogP contribution < -0.4 is 5.73 Å². The van der Waals surface area contributed by atoms with Crippen molar-refractivity contribution in [3.63, 3.8) is 0 Å². The number of pyridine rings is 1. The molecule has 96 valence electrons. The van der Waals surface area contributed by atoms with Gasteiger partial charge in [0.1, 0.15) is 0 Å². The number of aromatic nitrogens is 2. The largest absolute Gasteiger partial charge is 0.350 e. The van der Waals surface area contributed by atoms with E-state index in [1.54, 1.807) is 0 Å². The molecule has 0 atom stereocenters. The van der Waals surface area contributed by atoms with Gasteiger partial charge in [0.25, 0.3) is 0 Å². The van der Waals surface area contributed by atoms with E-state index in [0.29, 0.717) is 6.54 Å². The Labute approximate surface area is 120 Å². The maximum atomic E-state index is 5.70. The van der Waals surface area contributed by atoms with Crippen LogP contribution in [0.4, 0.5) is 0 Å². The van der Waals surface area contributed by atoms with Gasteiger partial charge >= 0.3 is 0 Å². The highest BCUT2D eigenvalue weighted by Gasteiger charge is 2.10. The molecule has 2 aromatic heterocycles. The topological polar surface area (TPSA) is 43.8 Å². The van der Waals surface area contributed by atoms with E-state index in [2.05, 4.69) is 55.9 Å². The molecule has 4 heteroatoms. The van der Waals surface area contributed by atoms with Crippen LogP contribution in [0.5, 0.6) is 0 Å². The molecule has 0 saturated heterocycles. The lowest BCUT2D eigenvalue weighted by molar-refractivity contribution is 0.969. The van der Waals surface area contributed by atoms with Gasteiger partial charge in [0.15, 0.2) is 0 Å². The van der Waals surface area contributed by atoms with E-state index >= 15 is 0 Å². The van der Waals surface area contributed by atoms with Crippen molar-refractivity contribution in [2.75, 3.05) is 0 Å². The summed E-state index contributed by atoms with van der Waals surface area (Å²) in [4.78, 5) is 4.47. The van der Waals surface area contributed by atoms with Crippen LogP contribution in [0.2, 0.25) is 0 Å². The van der Waals surface area contributed by atoms with Gasteiger partial charge in [-0.3, -0.25) is 4.98 Å². The molecule has 2 N–H and O–H groups in total. The van der Waals surface area contributed by atoms with Crippen LogP contribution in [0, 0.1) is 0 Å². The van der Waals surface area contributed by atoms with Gasteiger partial charge in [0.2, 0.25) is 0 Å². The van der Waals surface area contributed by atoms with Gasteiger partial charge in [-0.25, -0.2) is 0 Å². The monoisotopic (exact) mass is 315 g/mol. The van der Waals surface area contributed by atoms with Crippen LogP contribution in [0.3, 0.4) is 0 Å². The summed E-state index contributed by atoms with van der Waals surface area (Å²) in [6.07, 6.45) is 3.92. The summed E-state index contributed by atoms with van der Waals surface area (Å²) in [5.41, 5.74) is 10.1. The van der Waals surface area contributed by atoms with Gasteiger partial charge in [-0.05, 0) is 35.9 Å². The Morgan fingerprint density at radius 2 is 2.11 bits per heavy atom. The summed E-state index contributed by atoms with van der Waals surface area (Å²) in [5.74, 6) is 0. The number of nitrogens with two attached hydrogens (primary N) is 1. The molecule has 0 spiro atoms. The molecule has 0 aliphatic heterocycles. The normalized spacial score (nSPS) is 11.1. The van der Waals surface area contributed by atoms with Crippen LogP contribution in [-0.2, 0) is 13.6 Å². The third kappa shape index (κ3) is 2.17. The SMILES string of the molecule is Cn1cc(-c2cc(CN)ccn2)c2cc(Br)ccc21. The predicted octanol–water partition coefficient (Wildman–Crippen LogP) is 3.46. The van der Waals surface area contributed by atoms with Gasteiger partial charge in [0.05, 0.1) is 5.69 Å². The molecule has 0 aliphatic rings. The summed E-state index contributed by atoms with van der Waals surface area (Å²) in [7, 11) is 2.05. The van der Waals surface area contributed by atoms with E-state index in [1.165, 1.54) is 10.9 Å². The lowest BCUT2D eigenvalue weighted by atomic mass is 10.1. The smallest absolute Gasteiger partial charge is 0.0726 e. The van der Waals surface area contributed by atoms with Crippen LogP contribution in [-0.4, -0.2) is 9.55 Å². The third-order valence-corrected chi connectivity index (χ3v) is 3.78. The molecule has 3 nitrogen and oxygen atoms in total. The number of nitrogens with zero attached hydrogens (tertiary/aromatic N) is 2. The Hall–Kier alpha value is -1.65. The number of aryl methyl sites for hydroxylation is 1. The van der Waals surface area contributed by atoms with Crippen LogP contribution >= 0.6 is 15.9 Å². The van der Waals surface area contributed by atoms with Crippen molar-refractivity contribution >= 4 is 26.8 Å². The predicted molar refractivity (Wildman–Crippen MR) is 81.7 cm³/mol. The van der Waals surface area contributed by atoms with Crippen molar-refractivity contribution in [3.8, 4) is 11.3 Å². The second kappa shape index (κ2) is 4.79. The van der Waals surface area contributed by atoms with Gasteiger partial charge in [0, 0.05) is 46.9 Å². The molecule has 2 heterocycles. The number of hydrogen-bond acceptors (Lipinski definition) is 2. The summed E-state index contributed by atoms with van der Waals surface area (Å²) in [6.45, 7) is 0.532. The molecule has 19 heavy (non-hydrogen) atoms. The second-order valence-corrected chi connectivity index (χ2v) is 5.48. The van der Waals surface area contributed by atoms with Crippen molar-refractivity contribution in [1.82, 2.24) is 9.55 Å². The van der Waals surface area contributed by atoms with Gasteiger partial charge < -0.3 is 10.3 Å². The number of halogens is 1. The molecule has 3 rings (SSSR count). The molecule has 0 aliphatic carbocycles. The number of rotatable bonds is 2. The zero-order valence-corrected chi connectivity index (χ0v) is 12.2. The number of hydrogen-bond donors (Lipinski definition) is 1. The summed E-state index contributed by atoms with van der Waals surface area (Å²) < 4.78 is 3.19. The van der Waals surface area contributed by atoms with E-state index in [-0.39, 0.29) is 0 Å². The average molecular weight is 316 g/mol. The maximum Gasteiger partial charge on any atom is 0.0726 e. The molecule has 0 fully saturated rings. The summed E-state index contributed by atoms with van der Waals surface area (Å²) in [5, 5.41) is 1.19. The maximum absolute atomic E-state index is 5.70. The standard InChI is InChI=1S/C15H14BrN3/c1-19-9-13(12-7-11(16)2-3-15(12)19)14-6-10(8-17)4-5-18-14/h2-7,9H,8,17H2,1H3. The van der Waals surface area contributed by atoms with Crippen molar-refractivity contribution in [1.29, 1.82) is 0 Å². The first kappa shape index (κ1) is 12.4. The number of fused-ring (bicyclic) bond motifs is 1. The zero-order valence-electron chi connectivity index (χ0n) is 10.6. The highest BCUT2D eigenvalue weighted by molar-refractivity contribution is 9.10.